The molecule has 36 heteroatoms. The minimum absolute atomic E-state index is 0. The molecule has 0 saturated carbocycles. The van der Waals surface area contributed by atoms with Crippen molar-refractivity contribution in [2.45, 2.75) is 108 Å². The van der Waals surface area contributed by atoms with Crippen molar-refractivity contribution in [1.29, 1.82) is 0 Å². The van der Waals surface area contributed by atoms with E-state index in [1.807, 2.05) is 140 Å². The average molecular weight is 1820 g/mol. The number of alkyl halides is 3. The Bertz CT molecular complexity index is 6130. The number of hydrogen-bond acceptors (Lipinski definition) is 24. The van der Waals surface area contributed by atoms with Crippen LogP contribution >= 0.6 is 58.2 Å². The Morgan fingerprint density at radius 2 is 1.15 bits per heavy atom. The molecular formula is C87H102F3N14O12S7+3. The highest BCUT2D eigenvalue weighted by molar-refractivity contribution is 8.76. The number of methoxy groups -OCH3 is 7. The SMILES string of the molecule is CO.COC1C(C)=C2CSn3c(nc4ccccc43)[N+]2=CC1C.COc1ccc2nc(-[n+]3cc(C)c(OC)c(C)c3CSO)[nH]c2c1.COc1ccc2nc(-c3cc(C)c(OC)c(C)c3CSSC)[nH]c2c1.COc1ccc2nc(S(=O)Cc3ncc(C)c(OC)c3C)[nH]c2c1.CS.Cc1c(OCC(F)(F)F)ccnc1CS(=O)c1nc2ccccc2[nH]1.[H+]. The van der Waals surface area contributed by atoms with Crippen molar-refractivity contribution in [1.82, 2.24) is 58.8 Å². The number of aromatic amines is 4. The number of aryl methyl sites for hydroxylation is 3. The largest absolute Gasteiger partial charge is 1.00 e. The number of imidazole rings is 5. The summed E-state index contributed by atoms with van der Waals surface area (Å²) in [5, 5.41) is 7.73. The fourth-order valence-electron chi connectivity index (χ4n) is 14.1. The first-order valence-corrected chi connectivity index (χ1v) is 46.4. The third-order valence-corrected chi connectivity index (χ3v) is 25.5. The number of thiol groups is 1. The summed E-state index contributed by atoms with van der Waals surface area (Å²) in [7, 11) is 13.5. The maximum Gasteiger partial charge on any atom is 1.00 e. The molecule has 0 bridgehead atoms. The van der Waals surface area contributed by atoms with E-state index in [1.165, 1.54) is 40.2 Å². The third kappa shape index (κ3) is 22.3. The number of benzene rings is 6. The van der Waals surface area contributed by atoms with Crippen molar-refractivity contribution in [3.63, 3.8) is 0 Å². The van der Waals surface area contributed by atoms with Crippen LogP contribution in [0.25, 0.3) is 72.5 Å². The second-order valence-corrected chi connectivity index (χ2v) is 34.5. The number of rotatable bonds is 22. The smallest absolute Gasteiger partial charge is 0.497 e. The van der Waals surface area contributed by atoms with Crippen LogP contribution in [0, 0.1) is 54.4 Å². The van der Waals surface area contributed by atoms with Crippen LogP contribution < -0.4 is 37.7 Å². The Morgan fingerprint density at radius 1 is 0.610 bits per heavy atom. The summed E-state index contributed by atoms with van der Waals surface area (Å²) in [4.78, 5) is 44.3. The van der Waals surface area contributed by atoms with E-state index in [1.54, 1.807) is 86.0 Å². The van der Waals surface area contributed by atoms with Gasteiger partial charge in [-0.15, -0.1) is 0 Å². The van der Waals surface area contributed by atoms with Gasteiger partial charge in [0.25, 0.3) is 0 Å². The maximum absolute atomic E-state index is 12.7. The van der Waals surface area contributed by atoms with Gasteiger partial charge in [0.2, 0.25) is 0 Å². The fraction of sp³-hybridized carbons (Fsp3) is 0.322. The summed E-state index contributed by atoms with van der Waals surface area (Å²) in [5.74, 6) is 10.5. The van der Waals surface area contributed by atoms with Gasteiger partial charge in [-0.3, -0.25) is 18.4 Å². The summed E-state index contributed by atoms with van der Waals surface area (Å²) < 4.78 is 121. The molecule has 0 radical (unpaired) electrons. The predicted octanol–water partition coefficient (Wildman–Crippen LogP) is 18.4. The number of H-pyrrole nitrogens is 4. The normalized spacial score (nSPS) is 13.8. The number of hydrogen-bond donors (Lipinski definition) is 7. The molecule has 8 aromatic heterocycles. The molecule has 2 aliphatic rings. The van der Waals surface area contributed by atoms with E-state index >= 15 is 0 Å². The van der Waals surface area contributed by atoms with Gasteiger partial charge in [0.1, 0.15) is 57.3 Å². The Kier molecular flexibility index (Phi) is 34.0. The second kappa shape index (κ2) is 43.9. The van der Waals surface area contributed by atoms with Crippen molar-refractivity contribution < 1.29 is 79.7 Å². The minimum atomic E-state index is -4.42. The molecule has 4 unspecified atom stereocenters. The minimum Gasteiger partial charge on any atom is -0.497 e. The van der Waals surface area contributed by atoms with Gasteiger partial charge < -0.3 is 62.5 Å². The molecule has 6 aromatic carbocycles. The molecule has 14 aromatic rings. The van der Waals surface area contributed by atoms with Gasteiger partial charge in [-0.05, 0) is 175 Å². The second-order valence-electron chi connectivity index (χ2n) is 27.7. The van der Waals surface area contributed by atoms with Gasteiger partial charge in [0.05, 0.1) is 156 Å². The van der Waals surface area contributed by atoms with Crippen LogP contribution in [0.5, 0.6) is 40.2 Å². The van der Waals surface area contributed by atoms with Crippen LogP contribution in [0.3, 0.4) is 0 Å². The van der Waals surface area contributed by atoms with E-state index in [0.717, 1.165) is 166 Å². The lowest BCUT2D eigenvalue weighted by Gasteiger charge is -2.30. The van der Waals surface area contributed by atoms with Gasteiger partial charge in [-0.1, -0.05) is 62.7 Å². The molecule has 16 rings (SSSR count). The molecule has 0 fully saturated rings. The van der Waals surface area contributed by atoms with Crippen LogP contribution in [0.4, 0.5) is 19.1 Å². The standard InChI is InChI=1S/C19H22N2O2S2.2C17H19N3O3S.C16H14F3N3O2S.C16H18N3OS.CH4O.CH4S/c1-11-8-14(15(10-25-24-5)12(2)18(11)23-4)19-20-16-7-6-13(22-3)9-17(16)21-19;1-10-8-20(15(9-24-21)11(2)16(10)23-4)17-18-13-6-5-12(22-3)7-14(13)19-17;1-10-8-18-15(11(2)16(10)23-4)9-24(21)17-19-13-6-5-12(22-3)7-14(13)20-17;1-10-13(20-7-6-14(10)24-9-16(17,18)19)8-25(23)15-21-11-4-2-3-5-12(11)22-15;1-10-8-18-14(11(2)15(10)20-3)9-21-19-13-7-5-4-6-12(13)17-16(18)19;2*1-2/h6-9H,10H2,1-5H3,(H,20,21);5-8H,9H2,1-4H3,(H-,18,19,21);5-8H,9H2,1-4H3,(H,19,20);2-7H,8-9H2,1H3,(H,21,22);4-8,10,15H,9H2,1-3H3;2*2H,1H3/q;;;;+1;;/p+2. The highest BCUT2D eigenvalue weighted by Crippen LogP contribution is 2.41. The van der Waals surface area contributed by atoms with Crippen LogP contribution in [-0.2, 0) is 49.3 Å². The monoisotopic (exact) mass is 1820 g/mol. The number of pyridine rings is 3. The summed E-state index contributed by atoms with van der Waals surface area (Å²) in [5.41, 5.74) is 22.6. The number of halogens is 3. The van der Waals surface area contributed by atoms with Gasteiger partial charge >= 0.3 is 19.5 Å². The molecule has 2 aliphatic heterocycles. The molecule has 10 heterocycles. The predicted molar refractivity (Wildman–Crippen MR) is 493 cm³/mol. The first-order chi connectivity index (χ1) is 59.2. The number of aliphatic hydroxyl groups excluding tert-OH is 1. The highest BCUT2D eigenvalue weighted by Gasteiger charge is 2.38. The molecule has 0 amide bonds. The van der Waals surface area contributed by atoms with Gasteiger partial charge in [-0.2, -0.15) is 29.8 Å². The molecule has 652 valence electrons. The Balaban J connectivity index is 0.000000174. The zero-order valence-electron chi connectivity index (χ0n) is 72.7. The van der Waals surface area contributed by atoms with Crippen molar-refractivity contribution in [3.8, 4) is 57.6 Å². The molecule has 0 saturated heterocycles. The van der Waals surface area contributed by atoms with Crippen molar-refractivity contribution >= 4 is 147 Å². The van der Waals surface area contributed by atoms with E-state index in [2.05, 4.69) is 130 Å². The number of nitrogens with one attached hydrogen (secondary N) is 4. The first-order valence-electron chi connectivity index (χ1n) is 38.3. The highest BCUT2D eigenvalue weighted by atomic mass is 33.1. The fourth-order valence-corrected chi connectivity index (χ4v) is 19.3. The molecule has 0 aliphatic carbocycles. The van der Waals surface area contributed by atoms with Gasteiger partial charge in [0.15, 0.2) is 33.5 Å². The van der Waals surface area contributed by atoms with Crippen LogP contribution in [0.15, 0.2) is 155 Å². The number of aromatic nitrogens is 13. The van der Waals surface area contributed by atoms with E-state index in [9.17, 15) is 26.1 Å². The summed E-state index contributed by atoms with van der Waals surface area (Å²) >= 11 is 6.11. The lowest BCUT2D eigenvalue weighted by molar-refractivity contribution is -0.611. The van der Waals surface area contributed by atoms with E-state index < -0.39 is 34.4 Å². The van der Waals surface area contributed by atoms with Crippen LogP contribution in [-0.4, -0.2) is 182 Å². The zero-order valence-corrected chi connectivity index (χ0v) is 77.4. The molecule has 0 spiro atoms. The molecule has 4 atom stereocenters. The van der Waals surface area contributed by atoms with E-state index in [-0.39, 0.29) is 24.8 Å². The van der Waals surface area contributed by atoms with Crippen molar-refractivity contribution in [2.24, 2.45) is 5.92 Å². The number of para-hydroxylation sites is 4. The average Bonchev–Trinajstić information content (AvgIpc) is 1.50. The number of nitrogens with zero attached hydrogens (tertiary/aromatic N) is 10. The molecule has 26 nitrogen and oxygen atoms in total. The Morgan fingerprint density at radius 3 is 1.74 bits per heavy atom. The molecule has 6 N–H and O–H groups in total. The first kappa shape index (κ1) is 95.1. The quantitative estimate of drug-likeness (QED) is 0.0143. The lowest BCUT2D eigenvalue weighted by atomic mass is 9.94. The van der Waals surface area contributed by atoms with E-state index in [0.29, 0.717) is 44.7 Å². The zero-order chi connectivity index (χ0) is 89.1. The molecule has 123 heavy (non-hydrogen) atoms. The van der Waals surface area contributed by atoms with Crippen molar-refractivity contribution in [3.05, 3.63) is 207 Å². The maximum atomic E-state index is 12.7. The van der Waals surface area contributed by atoms with Crippen LogP contribution in [0.2, 0.25) is 0 Å². The topological polar surface area (TPSA) is 314 Å². The number of ether oxygens (including phenoxy) is 8. The van der Waals surface area contributed by atoms with E-state index in [4.69, 9.17) is 53.0 Å². The van der Waals surface area contributed by atoms with Gasteiger partial charge in [0, 0.05) is 102 Å². The summed E-state index contributed by atoms with van der Waals surface area (Å²) in [6.07, 6.45) is 6.82. The van der Waals surface area contributed by atoms with Gasteiger partial charge in [-0.25, -0.2) is 29.1 Å². The lowest BCUT2D eigenvalue weighted by Crippen LogP contribution is -2.38. The number of fused-ring (bicyclic) bond motifs is 9. The van der Waals surface area contributed by atoms with Crippen molar-refractivity contribution in [2.75, 3.05) is 81.7 Å². The Labute approximate surface area is 740 Å². The third-order valence-electron chi connectivity index (χ3n) is 20.1. The summed E-state index contributed by atoms with van der Waals surface area (Å²) in [6, 6.07) is 36.2. The molecular weight excluding hydrogens is 1710 g/mol. The number of aliphatic hydroxyl groups is 1. The van der Waals surface area contributed by atoms with Crippen LogP contribution in [0.1, 0.15) is 76.9 Å². The Hall–Kier alpha value is -10.2. The summed E-state index contributed by atoms with van der Waals surface area (Å²) in [6.45, 7) is 16.6.